The molecule has 24 heavy (non-hydrogen) atoms. The molecule has 8 heteroatoms. The molecule has 122 valence electrons. The number of nitrogens with zero attached hydrogens (tertiary/aromatic N) is 1. The van der Waals surface area contributed by atoms with E-state index in [0.717, 1.165) is 6.07 Å². The Morgan fingerprint density at radius 1 is 1.33 bits per heavy atom. The van der Waals surface area contributed by atoms with E-state index in [2.05, 4.69) is 4.98 Å². The first kappa shape index (κ1) is 15.6. The number of pyridine rings is 1. The number of aliphatic hydroxyl groups excluding tert-OH is 1. The molecule has 0 saturated carbocycles. The summed E-state index contributed by atoms with van der Waals surface area (Å²) in [5.41, 5.74) is -0.0903. The van der Waals surface area contributed by atoms with Crippen LogP contribution in [0.5, 0.6) is 11.5 Å². The van der Waals surface area contributed by atoms with Crippen molar-refractivity contribution in [1.29, 1.82) is 5.26 Å². The van der Waals surface area contributed by atoms with Crippen molar-refractivity contribution in [2.75, 3.05) is 0 Å². The Balaban J connectivity index is 2.13. The fourth-order valence-electron chi connectivity index (χ4n) is 2.22. The van der Waals surface area contributed by atoms with Crippen molar-refractivity contribution < 1.29 is 23.4 Å². The number of hydrogen-bond acceptors (Lipinski definition) is 5. The number of alkyl halides is 2. The van der Waals surface area contributed by atoms with Crippen LogP contribution in [0.3, 0.4) is 0 Å². The predicted molar refractivity (Wildman–Crippen MR) is 78.8 cm³/mol. The first-order valence-electron chi connectivity index (χ1n) is 6.78. The van der Waals surface area contributed by atoms with Crippen LogP contribution in [0.15, 0.2) is 47.1 Å². The number of aromatic nitrogens is 1. The molecule has 1 aliphatic rings. The molecule has 1 aromatic heterocycles. The Hall–Kier alpha value is -3.34. The molecule has 0 saturated heterocycles. The summed E-state index contributed by atoms with van der Waals surface area (Å²) in [6, 6.07) is 8.47. The smallest absolute Gasteiger partial charge is 0.282 e. The van der Waals surface area contributed by atoms with Gasteiger partial charge in [-0.15, -0.1) is 0 Å². The maximum atomic E-state index is 13.1. The number of nitrogens with one attached hydrogen (secondary N) is 1. The monoisotopic (exact) mass is 332 g/mol. The normalized spacial score (nSPS) is 16.3. The summed E-state index contributed by atoms with van der Waals surface area (Å²) < 4.78 is 36.7. The minimum absolute atomic E-state index is 0.0388. The summed E-state index contributed by atoms with van der Waals surface area (Å²) >= 11 is 0. The van der Waals surface area contributed by atoms with E-state index in [1.165, 1.54) is 30.5 Å². The highest BCUT2D eigenvalue weighted by molar-refractivity contribution is 5.72. The lowest BCUT2D eigenvalue weighted by Gasteiger charge is -2.27. The van der Waals surface area contributed by atoms with Gasteiger partial charge in [-0.2, -0.15) is 5.26 Å². The number of benzene rings is 1. The summed E-state index contributed by atoms with van der Waals surface area (Å²) in [5, 5.41) is 19.1. The first-order chi connectivity index (χ1) is 11.5. The molecule has 1 atom stereocenters. The molecule has 6 nitrogen and oxygen atoms in total. The molecule has 0 spiro atoms. The molecule has 3 rings (SSSR count). The van der Waals surface area contributed by atoms with Crippen molar-refractivity contribution in [3.63, 3.8) is 0 Å². The minimum atomic E-state index is -2.99. The third-order valence-electron chi connectivity index (χ3n) is 3.30. The number of aliphatic hydroxyl groups is 1. The number of aromatic amines is 1. The third-order valence-corrected chi connectivity index (χ3v) is 3.30. The molecule has 1 aromatic carbocycles. The maximum absolute atomic E-state index is 13.1. The van der Waals surface area contributed by atoms with Gasteiger partial charge in [0.15, 0.2) is 11.5 Å². The van der Waals surface area contributed by atoms with Crippen LogP contribution in [0, 0.1) is 11.3 Å². The van der Waals surface area contributed by atoms with Crippen molar-refractivity contribution in [1.82, 2.24) is 4.98 Å². The molecular weight excluding hydrogens is 322 g/mol. The van der Waals surface area contributed by atoms with Gasteiger partial charge in [-0.25, -0.2) is 8.78 Å². The molecule has 1 unspecified atom stereocenters. The Labute approximate surface area is 134 Å². The SMILES string of the molecule is N#Cc1ccc2c(c1)C(Oc1cc[nH]c(=O)c1)=C(O)C(C(F)F)O2. The molecule has 0 radical (unpaired) electrons. The molecule has 0 aliphatic carbocycles. The van der Waals surface area contributed by atoms with Crippen molar-refractivity contribution in [2.45, 2.75) is 12.5 Å². The zero-order valence-electron chi connectivity index (χ0n) is 12.0. The van der Waals surface area contributed by atoms with Crippen LogP contribution in [-0.2, 0) is 0 Å². The van der Waals surface area contributed by atoms with E-state index >= 15 is 0 Å². The molecular formula is C16H10F2N2O4. The largest absolute Gasteiger partial charge is 0.505 e. The molecule has 2 aromatic rings. The Morgan fingerprint density at radius 3 is 2.79 bits per heavy atom. The first-order valence-corrected chi connectivity index (χ1v) is 6.78. The van der Waals surface area contributed by atoms with E-state index in [1.807, 2.05) is 6.07 Å². The molecule has 0 amide bonds. The van der Waals surface area contributed by atoms with Gasteiger partial charge in [0.25, 0.3) is 12.0 Å². The highest BCUT2D eigenvalue weighted by Gasteiger charge is 2.36. The number of hydrogen-bond donors (Lipinski definition) is 2. The van der Waals surface area contributed by atoms with E-state index in [9.17, 15) is 18.7 Å². The summed E-state index contributed by atoms with van der Waals surface area (Å²) in [4.78, 5) is 13.7. The summed E-state index contributed by atoms with van der Waals surface area (Å²) in [5.74, 6) is -1.02. The average molecular weight is 332 g/mol. The topological polar surface area (TPSA) is 95.3 Å². The van der Waals surface area contributed by atoms with E-state index < -0.39 is 23.8 Å². The summed E-state index contributed by atoms with van der Waals surface area (Å²) in [7, 11) is 0. The lowest BCUT2D eigenvalue weighted by atomic mass is 10.0. The zero-order chi connectivity index (χ0) is 17.3. The van der Waals surface area contributed by atoms with Gasteiger partial charge >= 0.3 is 0 Å². The average Bonchev–Trinajstić information content (AvgIpc) is 2.56. The second-order valence-electron chi connectivity index (χ2n) is 4.90. The Kier molecular flexibility index (Phi) is 3.92. The lowest BCUT2D eigenvalue weighted by Crippen LogP contribution is -2.32. The molecule has 0 fully saturated rings. The number of rotatable bonds is 3. The number of halogens is 2. The van der Waals surface area contributed by atoms with E-state index in [0.29, 0.717) is 0 Å². The van der Waals surface area contributed by atoms with Gasteiger partial charge < -0.3 is 19.6 Å². The quantitative estimate of drug-likeness (QED) is 0.901. The number of H-pyrrole nitrogens is 1. The fourth-order valence-corrected chi connectivity index (χ4v) is 2.22. The van der Waals surface area contributed by atoms with Gasteiger partial charge in [0.05, 0.1) is 17.2 Å². The Morgan fingerprint density at radius 2 is 2.12 bits per heavy atom. The van der Waals surface area contributed by atoms with Gasteiger partial charge in [0.1, 0.15) is 11.5 Å². The van der Waals surface area contributed by atoms with E-state index in [4.69, 9.17) is 14.7 Å². The van der Waals surface area contributed by atoms with Crippen LogP contribution >= 0.6 is 0 Å². The van der Waals surface area contributed by atoms with Crippen LogP contribution in [0.25, 0.3) is 5.76 Å². The number of nitriles is 1. The van der Waals surface area contributed by atoms with Crippen molar-refractivity contribution >= 4 is 5.76 Å². The van der Waals surface area contributed by atoms with E-state index in [1.54, 1.807) is 0 Å². The molecule has 2 N–H and O–H groups in total. The van der Waals surface area contributed by atoms with Crippen molar-refractivity contribution in [3.05, 3.63) is 63.8 Å². The third kappa shape index (κ3) is 2.79. The molecule has 0 bridgehead atoms. The second kappa shape index (κ2) is 6.04. The van der Waals surface area contributed by atoms with Crippen molar-refractivity contribution in [3.8, 4) is 17.6 Å². The fraction of sp³-hybridized carbons (Fsp3) is 0.125. The number of fused-ring (bicyclic) bond motifs is 1. The van der Waals surface area contributed by atoms with Crippen LogP contribution in [0.4, 0.5) is 8.78 Å². The summed E-state index contributed by atoms with van der Waals surface area (Å²) in [6.07, 6.45) is -3.58. The predicted octanol–water partition coefficient (Wildman–Crippen LogP) is 2.58. The second-order valence-corrected chi connectivity index (χ2v) is 4.90. The van der Waals surface area contributed by atoms with E-state index in [-0.39, 0.29) is 28.4 Å². The Bertz CT molecular complexity index is 915. The highest BCUT2D eigenvalue weighted by atomic mass is 19.3. The lowest BCUT2D eigenvalue weighted by molar-refractivity contribution is 0.00689. The number of ether oxygens (including phenoxy) is 2. The molecule has 1 aliphatic heterocycles. The van der Waals surface area contributed by atoms with Crippen LogP contribution in [-0.4, -0.2) is 22.6 Å². The minimum Gasteiger partial charge on any atom is -0.505 e. The zero-order valence-corrected chi connectivity index (χ0v) is 12.0. The van der Waals surface area contributed by atoms with Gasteiger partial charge in [0.2, 0.25) is 6.10 Å². The van der Waals surface area contributed by atoms with Gasteiger partial charge in [-0.1, -0.05) is 0 Å². The maximum Gasteiger partial charge on any atom is 0.282 e. The highest BCUT2D eigenvalue weighted by Crippen LogP contribution is 2.38. The van der Waals surface area contributed by atoms with Gasteiger partial charge in [-0.05, 0) is 24.3 Å². The standard InChI is InChI=1S/C16H10F2N2O4/c17-16(18)15-13(22)14(23-9-3-4-20-12(21)6-9)10-5-8(7-19)1-2-11(10)24-15/h1-6,15-16,22H,(H,20,21). The van der Waals surface area contributed by atoms with Crippen LogP contribution in [0.1, 0.15) is 11.1 Å². The van der Waals surface area contributed by atoms with Gasteiger partial charge in [-0.3, -0.25) is 4.79 Å². The summed E-state index contributed by atoms with van der Waals surface area (Å²) in [6.45, 7) is 0. The molecule has 2 heterocycles. The van der Waals surface area contributed by atoms with Crippen LogP contribution in [0.2, 0.25) is 0 Å². The van der Waals surface area contributed by atoms with Crippen molar-refractivity contribution in [2.24, 2.45) is 0 Å². The van der Waals surface area contributed by atoms with Gasteiger partial charge in [0, 0.05) is 12.3 Å². The van der Waals surface area contributed by atoms with Crippen LogP contribution < -0.4 is 15.0 Å².